The van der Waals surface area contributed by atoms with E-state index in [1.54, 1.807) is 0 Å². The first-order valence-corrected chi connectivity index (χ1v) is 17.3. The first-order valence-electron chi connectivity index (χ1n) is 17.3. The zero-order valence-corrected chi connectivity index (χ0v) is 32.6. The number of nitrogens with zero attached hydrogens (tertiary/aromatic N) is 1. The summed E-state index contributed by atoms with van der Waals surface area (Å²) in [7, 11) is 0. The number of hydrogen-bond donors (Lipinski definition) is 1. The van der Waals surface area contributed by atoms with Gasteiger partial charge in [0.25, 0.3) is 0 Å². The summed E-state index contributed by atoms with van der Waals surface area (Å²) in [5.74, 6) is 1.56. The van der Waals surface area contributed by atoms with E-state index in [1.165, 1.54) is 44.8 Å². The van der Waals surface area contributed by atoms with Crippen LogP contribution in [0.15, 0.2) is 66.4 Å². The van der Waals surface area contributed by atoms with Gasteiger partial charge in [-0.25, -0.2) is 0 Å². The Morgan fingerprint density at radius 2 is 1.51 bits per heavy atom. The number of fused-ring (bicyclic) bond motifs is 4. The number of hydrogen-bond acceptors (Lipinski definition) is 3. The van der Waals surface area contributed by atoms with Crippen molar-refractivity contribution < 1.29 is 30.0 Å². The van der Waals surface area contributed by atoms with Gasteiger partial charge in [-0.05, 0) is 82.7 Å². The van der Waals surface area contributed by atoms with Crippen LogP contribution in [0.25, 0.3) is 33.3 Å². The first-order chi connectivity index (χ1) is 21.8. The number of aliphatic hydroxyl groups is 1. The maximum Gasteiger partial charge on any atom is 0.159 e. The van der Waals surface area contributed by atoms with E-state index in [2.05, 4.69) is 102 Å². The molecule has 1 heterocycles. The fourth-order valence-corrected chi connectivity index (χ4v) is 7.16. The van der Waals surface area contributed by atoms with Crippen LogP contribution in [0.4, 0.5) is 0 Å². The predicted molar refractivity (Wildman–Crippen MR) is 195 cm³/mol. The van der Waals surface area contributed by atoms with Crippen LogP contribution in [0, 0.1) is 37.7 Å². The summed E-state index contributed by atoms with van der Waals surface area (Å²) in [6.45, 7) is 21.5. The van der Waals surface area contributed by atoms with E-state index in [1.807, 2.05) is 27.7 Å². The number of allylic oxidation sites excluding steroid dienone is 2. The molecule has 0 saturated heterocycles. The topological polar surface area (TPSA) is 50.2 Å². The van der Waals surface area contributed by atoms with E-state index in [0.29, 0.717) is 30.6 Å². The summed E-state index contributed by atoms with van der Waals surface area (Å²) in [5, 5.41) is 10.6. The van der Waals surface area contributed by atoms with Gasteiger partial charge in [-0.2, -0.15) is 0 Å². The van der Waals surface area contributed by atoms with E-state index >= 15 is 0 Å². The first kappa shape index (κ1) is 38.4. The van der Waals surface area contributed by atoms with Gasteiger partial charge >= 0.3 is 0 Å². The smallest absolute Gasteiger partial charge is 0.159 e. The zero-order valence-electron chi connectivity index (χ0n) is 30.2. The Labute approximate surface area is 297 Å². The molecular weight excluding hydrogens is 755 g/mol. The van der Waals surface area contributed by atoms with Gasteiger partial charge in [0.1, 0.15) is 0 Å². The Bertz CT molecular complexity index is 1710. The van der Waals surface area contributed by atoms with Gasteiger partial charge in [0.05, 0.1) is 11.3 Å². The van der Waals surface area contributed by atoms with Gasteiger partial charge in [-0.3, -0.25) is 9.78 Å². The van der Waals surface area contributed by atoms with Crippen LogP contribution in [0.5, 0.6) is 0 Å². The molecule has 0 fully saturated rings. The largest absolute Gasteiger partial charge is 0.512 e. The number of aromatic nitrogens is 1. The molecule has 0 aliphatic heterocycles. The summed E-state index contributed by atoms with van der Waals surface area (Å²) >= 11 is 0. The molecule has 1 aromatic heterocycles. The summed E-state index contributed by atoms with van der Waals surface area (Å²) in [5.41, 5.74) is 12.9. The third-order valence-electron chi connectivity index (χ3n) is 9.10. The second-order valence-corrected chi connectivity index (χ2v) is 14.6. The van der Waals surface area contributed by atoms with Crippen LogP contribution in [-0.4, -0.2) is 15.9 Å². The zero-order chi connectivity index (χ0) is 33.8. The molecule has 3 aromatic carbocycles. The summed E-state index contributed by atoms with van der Waals surface area (Å²) in [6, 6.07) is 24.1. The third kappa shape index (κ3) is 8.89. The van der Waals surface area contributed by atoms with E-state index in [0.717, 1.165) is 41.6 Å². The molecule has 0 unspecified atom stereocenters. The van der Waals surface area contributed by atoms with Gasteiger partial charge in [-0.15, -0.1) is 34.9 Å². The van der Waals surface area contributed by atoms with Crippen molar-refractivity contribution in [2.75, 3.05) is 0 Å². The minimum atomic E-state index is 0. The van der Waals surface area contributed by atoms with Gasteiger partial charge in [0, 0.05) is 49.8 Å². The Morgan fingerprint density at radius 1 is 0.851 bits per heavy atom. The van der Waals surface area contributed by atoms with E-state index in [9.17, 15) is 9.90 Å². The van der Waals surface area contributed by atoms with Crippen LogP contribution in [-0.2, 0) is 36.7 Å². The van der Waals surface area contributed by atoms with Gasteiger partial charge in [0.15, 0.2) is 5.78 Å². The van der Waals surface area contributed by atoms with Crippen molar-refractivity contribution in [2.24, 2.45) is 17.8 Å². The normalized spacial score (nSPS) is 13.3. The summed E-state index contributed by atoms with van der Waals surface area (Å²) < 4.78 is 0. The van der Waals surface area contributed by atoms with Crippen molar-refractivity contribution in [3.05, 3.63) is 100 Å². The SMILES string of the molecule is CC(C)CC(=O)/C=C(\O)CC(C)C.CCC1(CC)c2ccccc2-c2cc3c(CC(C)C)cc(-c4[c-]c(C)cc(C)c4)nc3cc21.[Ir]. The maximum absolute atomic E-state index is 11.2. The summed E-state index contributed by atoms with van der Waals surface area (Å²) in [4.78, 5) is 16.4. The maximum atomic E-state index is 11.2. The molecule has 47 heavy (non-hydrogen) atoms. The van der Waals surface area contributed by atoms with Crippen LogP contribution in [0.1, 0.15) is 109 Å². The van der Waals surface area contributed by atoms with Crippen LogP contribution in [0.3, 0.4) is 0 Å². The third-order valence-corrected chi connectivity index (χ3v) is 9.10. The molecule has 4 heteroatoms. The standard InChI is InChI=1S/C32H34N.C11H20O2.Ir/c1-7-32(8-2)28-12-10-9-11-25(28)27-18-26-23(13-20(3)4)17-30(33-31(26)19-29(27)32)24-15-21(5)14-22(6)16-24;1-8(2)5-10(12)7-11(13)6-9(3)4;/h9-12,14-15,17-20H,7-8,13H2,1-6H3;7-9,12H,5-6H2,1-4H3;/q-1;;/b;10-7-;. The molecule has 4 aromatic rings. The number of ketones is 1. The van der Waals surface area contributed by atoms with E-state index in [-0.39, 0.29) is 37.1 Å². The van der Waals surface area contributed by atoms with Crippen LogP contribution in [0.2, 0.25) is 0 Å². The van der Waals surface area contributed by atoms with Crippen molar-refractivity contribution in [3.63, 3.8) is 0 Å². The molecule has 0 bridgehead atoms. The molecule has 0 spiro atoms. The van der Waals surface area contributed by atoms with Crippen molar-refractivity contribution in [2.45, 2.75) is 107 Å². The number of benzene rings is 3. The molecule has 1 aliphatic carbocycles. The Kier molecular flexibility index (Phi) is 13.4. The fourth-order valence-electron chi connectivity index (χ4n) is 7.16. The number of pyridine rings is 1. The van der Waals surface area contributed by atoms with Crippen molar-refractivity contribution >= 4 is 16.7 Å². The van der Waals surface area contributed by atoms with Crippen LogP contribution < -0.4 is 0 Å². The second-order valence-electron chi connectivity index (χ2n) is 14.6. The molecule has 1 aliphatic rings. The number of carbonyl (C=O) groups excluding carboxylic acids is 1. The number of carbonyl (C=O) groups is 1. The number of aliphatic hydroxyl groups excluding tert-OH is 1. The molecule has 0 saturated carbocycles. The minimum absolute atomic E-state index is 0. The monoisotopic (exact) mass is 809 g/mol. The molecule has 253 valence electrons. The van der Waals surface area contributed by atoms with Gasteiger partial charge < -0.3 is 5.11 Å². The van der Waals surface area contributed by atoms with Crippen LogP contribution >= 0.6 is 0 Å². The molecule has 0 atom stereocenters. The van der Waals surface area contributed by atoms with Gasteiger partial charge in [0.2, 0.25) is 0 Å². The quantitative estimate of drug-likeness (QED) is 0.0986. The molecule has 0 amide bonds. The molecule has 5 rings (SSSR count). The minimum Gasteiger partial charge on any atom is -0.512 e. The second kappa shape index (κ2) is 16.4. The predicted octanol–water partition coefficient (Wildman–Crippen LogP) is 11.7. The van der Waals surface area contributed by atoms with E-state index in [4.69, 9.17) is 4.98 Å². The van der Waals surface area contributed by atoms with E-state index < -0.39 is 0 Å². The molecule has 1 radical (unpaired) electrons. The van der Waals surface area contributed by atoms with Gasteiger partial charge in [-0.1, -0.05) is 99.6 Å². The molecular formula is C43H54IrNO2-. The Morgan fingerprint density at radius 3 is 2.11 bits per heavy atom. The fraction of sp³-hybridized carbons (Fsp3) is 0.442. The Balaban J connectivity index is 0.000000367. The Hall–Kier alpha value is -3.07. The molecule has 3 nitrogen and oxygen atoms in total. The van der Waals surface area contributed by atoms with Crippen molar-refractivity contribution in [1.82, 2.24) is 4.98 Å². The van der Waals surface area contributed by atoms with Crippen molar-refractivity contribution in [1.29, 1.82) is 0 Å². The average molecular weight is 809 g/mol. The average Bonchev–Trinajstić information content (AvgIpc) is 3.23. The van der Waals surface area contributed by atoms with Crippen molar-refractivity contribution in [3.8, 4) is 22.4 Å². The summed E-state index contributed by atoms with van der Waals surface area (Å²) in [6.07, 6.45) is 5.71. The number of rotatable bonds is 10. The molecule has 1 N–H and O–H groups in total. The number of aryl methyl sites for hydroxylation is 2.